The van der Waals surface area contributed by atoms with Gasteiger partial charge in [-0.05, 0) is 18.4 Å². The van der Waals surface area contributed by atoms with Gasteiger partial charge in [-0.15, -0.1) is 0 Å². The van der Waals surface area contributed by atoms with Crippen LogP contribution in [0.4, 0.5) is 0 Å². The Balaban J connectivity index is 2.18. The fourth-order valence-corrected chi connectivity index (χ4v) is 1.15. The average molecular weight is 208 g/mol. The molecule has 0 unspecified atom stereocenters. The number of carbonyl (C=O) groups is 2. The van der Waals surface area contributed by atoms with Gasteiger partial charge in [-0.1, -0.05) is 30.3 Å². The molecule has 0 aliphatic heterocycles. The molecule has 0 aliphatic rings. The second-order valence-electron chi connectivity index (χ2n) is 3.03. The van der Waals surface area contributed by atoms with Crippen molar-refractivity contribution in [1.82, 2.24) is 0 Å². The summed E-state index contributed by atoms with van der Waals surface area (Å²) in [6.07, 6.45) is 1.40. The van der Waals surface area contributed by atoms with Crippen molar-refractivity contribution < 1.29 is 19.4 Å². The van der Waals surface area contributed by atoms with Gasteiger partial charge in [-0.25, -0.2) is 9.59 Å². The highest BCUT2D eigenvalue weighted by molar-refractivity contribution is 6.28. The van der Waals surface area contributed by atoms with Crippen LogP contribution in [0, 0.1) is 0 Å². The third-order valence-corrected chi connectivity index (χ3v) is 1.86. The molecule has 80 valence electrons. The lowest BCUT2D eigenvalue weighted by Crippen LogP contribution is -2.17. The van der Waals surface area contributed by atoms with Gasteiger partial charge in [0.05, 0.1) is 6.61 Å². The quantitative estimate of drug-likeness (QED) is 0.459. The maximum absolute atomic E-state index is 10.5. The van der Waals surface area contributed by atoms with Crippen molar-refractivity contribution in [2.45, 2.75) is 12.8 Å². The van der Waals surface area contributed by atoms with Crippen molar-refractivity contribution in [2.24, 2.45) is 0 Å². The molecular formula is C11H12O4. The number of esters is 1. The number of hydrogen-bond donors (Lipinski definition) is 1. The summed E-state index contributed by atoms with van der Waals surface area (Å²) in [6, 6.07) is 9.73. The van der Waals surface area contributed by atoms with Gasteiger partial charge in [0.25, 0.3) is 0 Å². The molecule has 1 rings (SSSR count). The number of benzene rings is 1. The summed E-state index contributed by atoms with van der Waals surface area (Å²) < 4.78 is 4.49. The number of carboxylic acids is 1. The van der Waals surface area contributed by atoms with E-state index in [4.69, 9.17) is 5.11 Å². The van der Waals surface area contributed by atoms with Crippen LogP contribution in [0.15, 0.2) is 30.3 Å². The minimum absolute atomic E-state index is 0.139. The van der Waals surface area contributed by atoms with E-state index >= 15 is 0 Å². The minimum Gasteiger partial charge on any atom is -0.473 e. The molecule has 4 heteroatoms. The molecule has 0 aliphatic carbocycles. The van der Waals surface area contributed by atoms with Crippen LogP contribution in [0.2, 0.25) is 0 Å². The van der Waals surface area contributed by atoms with Gasteiger partial charge in [0.2, 0.25) is 0 Å². The van der Waals surface area contributed by atoms with Gasteiger partial charge in [0, 0.05) is 0 Å². The number of ether oxygens (including phenoxy) is 1. The van der Waals surface area contributed by atoms with E-state index in [9.17, 15) is 9.59 Å². The van der Waals surface area contributed by atoms with Crippen LogP contribution >= 0.6 is 0 Å². The van der Waals surface area contributed by atoms with Crippen molar-refractivity contribution in [3.05, 3.63) is 35.9 Å². The van der Waals surface area contributed by atoms with Crippen LogP contribution in [0.1, 0.15) is 12.0 Å². The van der Waals surface area contributed by atoms with Gasteiger partial charge in [-0.2, -0.15) is 0 Å². The molecular weight excluding hydrogens is 196 g/mol. The van der Waals surface area contributed by atoms with Crippen LogP contribution in [-0.4, -0.2) is 23.7 Å². The molecule has 0 spiro atoms. The highest BCUT2D eigenvalue weighted by atomic mass is 16.6. The summed E-state index contributed by atoms with van der Waals surface area (Å²) in [5.74, 6) is -2.74. The zero-order valence-corrected chi connectivity index (χ0v) is 8.18. The second kappa shape index (κ2) is 5.80. The van der Waals surface area contributed by atoms with E-state index in [0.29, 0.717) is 6.42 Å². The molecule has 1 aromatic rings. The third kappa shape index (κ3) is 4.26. The Bertz CT molecular complexity index is 332. The SMILES string of the molecule is O=C(O)C(=O)OCCCc1ccccc1. The van der Waals surface area contributed by atoms with Crippen molar-refractivity contribution >= 4 is 11.9 Å². The predicted molar refractivity (Wildman–Crippen MR) is 53.4 cm³/mol. The van der Waals surface area contributed by atoms with E-state index in [2.05, 4.69) is 4.74 Å². The Morgan fingerprint density at radius 3 is 2.47 bits per heavy atom. The van der Waals surface area contributed by atoms with E-state index in [1.165, 1.54) is 0 Å². The first kappa shape index (κ1) is 11.2. The Morgan fingerprint density at radius 2 is 1.87 bits per heavy atom. The fourth-order valence-electron chi connectivity index (χ4n) is 1.15. The lowest BCUT2D eigenvalue weighted by atomic mass is 10.1. The number of aliphatic carboxylic acids is 1. The summed E-state index contributed by atoms with van der Waals surface area (Å²) in [5, 5.41) is 8.22. The largest absolute Gasteiger partial charge is 0.473 e. The Kier molecular flexibility index (Phi) is 4.34. The first-order valence-electron chi connectivity index (χ1n) is 4.64. The first-order chi connectivity index (χ1) is 7.20. The first-order valence-corrected chi connectivity index (χ1v) is 4.64. The monoisotopic (exact) mass is 208 g/mol. The zero-order chi connectivity index (χ0) is 11.1. The molecule has 0 saturated heterocycles. The highest BCUT2D eigenvalue weighted by Gasteiger charge is 2.11. The number of carboxylic acid groups (broad SMARTS) is 1. The Hall–Kier alpha value is -1.84. The molecule has 1 aromatic carbocycles. The van der Waals surface area contributed by atoms with Crippen molar-refractivity contribution in [3.8, 4) is 0 Å². The van der Waals surface area contributed by atoms with Gasteiger partial charge < -0.3 is 9.84 Å². The number of carbonyl (C=O) groups excluding carboxylic acids is 1. The van der Waals surface area contributed by atoms with Crippen molar-refractivity contribution in [2.75, 3.05) is 6.61 Å². The molecule has 1 N–H and O–H groups in total. The highest BCUT2D eigenvalue weighted by Crippen LogP contribution is 2.02. The summed E-state index contributed by atoms with van der Waals surface area (Å²) in [5.41, 5.74) is 1.14. The van der Waals surface area contributed by atoms with Gasteiger partial charge in [0.15, 0.2) is 0 Å². The summed E-state index contributed by atoms with van der Waals surface area (Å²) in [7, 11) is 0. The van der Waals surface area contributed by atoms with Crippen LogP contribution in [0.3, 0.4) is 0 Å². The van der Waals surface area contributed by atoms with Gasteiger partial charge in [0.1, 0.15) is 0 Å². The molecule has 15 heavy (non-hydrogen) atoms. The lowest BCUT2D eigenvalue weighted by molar-refractivity contribution is -0.163. The predicted octanol–water partition coefficient (Wildman–Crippen LogP) is 1.25. The third-order valence-electron chi connectivity index (χ3n) is 1.86. The van der Waals surface area contributed by atoms with Gasteiger partial charge >= 0.3 is 11.9 Å². The molecule has 0 bridgehead atoms. The van der Waals surface area contributed by atoms with Crippen LogP contribution < -0.4 is 0 Å². The topological polar surface area (TPSA) is 63.6 Å². The number of rotatable bonds is 4. The average Bonchev–Trinajstić information content (AvgIpc) is 2.25. The van der Waals surface area contributed by atoms with E-state index in [1.807, 2.05) is 30.3 Å². The Labute approximate surface area is 87.5 Å². The second-order valence-corrected chi connectivity index (χ2v) is 3.03. The zero-order valence-electron chi connectivity index (χ0n) is 8.18. The van der Waals surface area contributed by atoms with Crippen LogP contribution in [-0.2, 0) is 20.7 Å². The number of aryl methyl sites for hydroxylation is 1. The van der Waals surface area contributed by atoms with E-state index in [-0.39, 0.29) is 6.61 Å². The normalized spacial score (nSPS) is 9.60. The standard InChI is InChI=1S/C11H12O4/c12-10(13)11(14)15-8-4-7-9-5-2-1-3-6-9/h1-3,5-6H,4,7-8H2,(H,12,13). The molecule has 0 fully saturated rings. The molecule has 4 nitrogen and oxygen atoms in total. The fraction of sp³-hybridized carbons (Fsp3) is 0.273. The molecule has 0 radical (unpaired) electrons. The number of hydrogen-bond acceptors (Lipinski definition) is 3. The summed E-state index contributed by atoms with van der Waals surface area (Å²) in [6.45, 7) is 0.139. The molecule has 0 atom stereocenters. The summed E-state index contributed by atoms with van der Waals surface area (Å²) in [4.78, 5) is 20.6. The lowest BCUT2D eigenvalue weighted by Gasteiger charge is -2.01. The maximum Gasteiger partial charge on any atom is 0.417 e. The van der Waals surface area contributed by atoms with Crippen LogP contribution in [0.5, 0.6) is 0 Å². The van der Waals surface area contributed by atoms with E-state index < -0.39 is 11.9 Å². The van der Waals surface area contributed by atoms with E-state index in [0.717, 1.165) is 12.0 Å². The van der Waals surface area contributed by atoms with Crippen molar-refractivity contribution in [3.63, 3.8) is 0 Å². The minimum atomic E-state index is -1.55. The van der Waals surface area contributed by atoms with Crippen LogP contribution in [0.25, 0.3) is 0 Å². The van der Waals surface area contributed by atoms with E-state index in [1.54, 1.807) is 0 Å². The molecule has 0 heterocycles. The smallest absolute Gasteiger partial charge is 0.417 e. The van der Waals surface area contributed by atoms with Crippen molar-refractivity contribution in [1.29, 1.82) is 0 Å². The van der Waals surface area contributed by atoms with Gasteiger partial charge in [-0.3, -0.25) is 0 Å². The molecule has 0 amide bonds. The summed E-state index contributed by atoms with van der Waals surface area (Å²) >= 11 is 0. The molecule has 0 saturated carbocycles. The maximum atomic E-state index is 10.5. The Morgan fingerprint density at radius 1 is 1.20 bits per heavy atom. The molecule has 0 aromatic heterocycles.